The second-order valence-electron chi connectivity index (χ2n) is 3.53. The predicted molar refractivity (Wildman–Crippen MR) is 51.3 cm³/mol. The Bertz CT molecular complexity index is 465. The largest absolute Gasteiger partial charge is 0.421 e. The van der Waals surface area contributed by atoms with Crippen molar-refractivity contribution in [2.75, 3.05) is 5.32 Å². The molecule has 1 rings (SSSR count). The standard InChI is InChI=1S/C8H3F9N2OS/c9-6(10,11)5(7(12,13)14,8(15,16)17)3(20)19-4-18-1-2-21-4/h1-2H,(H,18,19,20). The number of carbonyl (C=O) groups is 1. The number of halogens is 9. The van der Waals surface area contributed by atoms with Gasteiger partial charge in [-0.2, -0.15) is 39.5 Å². The lowest BCUT2D eigenvalue weighted by Gasteiger charge is -2.36. The van der Waals surface area contributed by atoms with E-state index in [0.29, 0.717) is 11.3 Å². The van der Waals surface area contributed by atoms with E-state index in [0.717, 1.165) is 16.9 Å². The molecule has 0 aliphatic carbocycles. The molecule has 1 amide bonds. The van der Waals surface area contributed by atoms with E-state index in [1.165, 1.54) is 0 Å². The molecule has 1 aromatic heterocycles. The maximum absolute atomic E-state index is 12.5. The van der Waals surface area contributed by atoms with E-state index < -0.39 is 35.0 Å². The van der Waals surface area contributed by atoms with Crippen molar-refractivity contribution in [3.63, 3.8) is 0 Å². The smallest absolute Gasteiger partial charge is 0.301 e. The predicted octanol–water partition coefficient (Wildman–Crippen LogP) is 3.75. The van der Waals surface area contributed by atoms with Crippen LogP contribution in [0.1, 0.15) is 0 Å². The van der Waals surface area contributed by atoms with Gasteiger partial charge < -0.3 is 5.32 Å². The zero-order valence-electron chi connectivity index (χ0n) is 9.32. The van der Waals surface area contributed by atoms with E-state index in [4.69, 9.17) is 0 Å². The zero-order valence-corrected chi connectivity index (χ0v) is 10.1. The molecule has 13 heteroatoms. The summed E-state index contributed by atoms with van der Waals surface area (Å²) >= 11 is 0.354. The van der Waals surface area contributed by atoms with Gasteiger partial charge in [0.25, 0.3) is 5.91 Å². The molecule has 0 spiro atoms. The minimum Gasteiger partial charge on any atom is -0.301 e. The van der Waals surface area contributed by atoms with Gasteiger partial charge in [-0.25, -0.2) is 4.98 Å². The van der Waals surface area contributed by atoms with Crippen molar-refractivity contribution in [2.24, 2.45) is 5.41 Å². The summed E-state index contributed by atoms with van der Waals surface area (Å²) in [5, 5.41) is 1.09. The highest BCUT2D eigenvalue weighted by molar-refractivity contribution is 7.13. The van der Waals surface area contributed by atoms with E-state index in [9.17, 15) is 44.3 Å². The Kier molecular flexibility index (Phi) is 4.20. The van der Waals surface area contributed by atoms with E-state index in [1.807, 2.05) is 0 Å². The van der Waals surface area contributed by atoms with Crippen LogP contribution in [0.2, 0.25) is 0 Å². The monoisotopic (exact) mass is 346 g/mol. The van der Waals surface area contributed by atoms with Gasteiger partial charge in [0.15, 0.2) is 5.13 Å². The molecule has 0 bridgehead atoms. The van der Waals surface area contributed by atoms with E-state index in [2.05, 4.69) is 4.98 Å². The minimum atomic E-state index is -6.94. The Morgan fingerprint density at radius 2 is 1.38 bits per heavy atom. The van der Waals surface area contributed by atoms with Crippen molar-refractivity contribution >= 4 is 22.4 Å². The SMILES string of the molecule is O=C(Nc1nccs1)C(C(F)(F)F)(C(F)(F)F)C(F)(F)F. The van der Waals surface area contributed by atoms with Gasteiger partial charge in [-0.15, -0.1) is 11.3 Å². The lowest BCUT2D eigenvalue weighted by atomic mass is 9.84. The first-order chi connectivity index (χ1) is 9.25. The van der Waals surface area contributed by atoms with Crippen LogP contribution in [0, 0.1) is 5.41 Å². The first-order valence-corrected chi connectivity index (χ1v) is 5.54. The van der Waals surface area contributed by atoms with Crippen LogP contribution in [0.3, 0.4) is 0 Å². The lowest BCUT2D eigenvalue weighted by molar-refractivity contribution is -0.405. The molecule has 0 saturated heterocycles. The van der Waals surface area contributed by atoms with Crippen LogP contribution < -0.4 is 5.32 Å². The second kappa shape index (κ2) is 5.03. The topological polar surface area (TPSA) is 42.0 Å². The van der Waals surface area contributed by atoms with E-state index >= 15 is 0 Å². The maximum atomic E-state index is 12.5. The van der Waals surface area contributed by atoms with Crippen molar-refractivity contribution in [3.05, 3.63) is 11.6 Å². The zero-order chi connectivity index (χ0) is 16.7. The van der Waals surface area contributed by atoms with Gasteiger partial charge in [0.2, 0.25) is 0 Å². The molecule has 3 nitrogen and oxygen atoms in total. The van der Waals surface area contributed by atoms with Crippen LogP contribution in [0.4, 0.5) is 44.6 Å². The molecular weight excluding hydrogens is 343 g/mol. The Morgan fingerprint density at radius 3 is 1.67 bits per heavy atom. The number of nitrogens with one attached hydrogen (secondary N) is 1. The Balaban J connectivity index is 3.47. The fourth-order valence-electron chi connectivity index (χ4n) is 1.34. The number of aromatic nitrogens is 1. The highest BCUT2D eigenvalue weighted by Crippen LogP contribution is 2.59. The maximum Gasteiger partial charge on any atom is 0.421 e. The van der Waals surface area contributed by atoms with Crippen molar-refractivity contribution in [3.8, 4) is 0 Å². The number of hydrogen-bond donors (Lipinski definition) is 1. The third-order valence-electron chi connectivity index (χ3n) is 2.27. The summed E-state index contributed by atoms with van der Waals surface area (Å²) in [7, 11) is 0. The van der Waals surface area contributed by atoms with Gasteiger partial charge in [-0.1, -0.05) is 0 Å². The first-order valence-electron chi connectivity index (χ1n) is 4.66. The van der Waals surface area contributed by atoms with Gasteiger partial charge in [0, 0.05) is 11.6 Å². The summed E-state index contributed by atoms with van der Waals surface area (Å²) < 4.78 is 113. The molecule has 0 fully saturated rings. The summed E-state index contributed by atoms with van der Waals surface area (Å²) in [5.41, 5.74) is -6.54. The molecule has 0 radical (unpaired) electrons. The van der Waals surface area contributed by atoms with Crippen LogP contribution in [0.15, 0.2) is 11.6 Å². The van der Waals surface area contributed by atoms with Gasteiger partial charge in [0.1, 0.15) is 0 Å². The number of alkyl halides is 9. The number of rotatable bonds is 2. The summed E-state index contributed by atoms with van der Waals surface area (Å²) in [6, 6.07) is 0. The molecule has 0 unspecified atom stereocenters. The average molecular weight is 346 g/mol. The van der Waals surface area contributed by atoms with E-state index in [1.54, 1.807) is 0 Å². The molecule has 1 heterocycles. The van der Waals surface area contributed by atoms with Crippen molar-refractivity contribution in [1.29, 1.82) is 0 Å². The van der Waals surface area contributed by atoms with Gasteiger partial charge in [0.05, 0.1) is 0 Å². The van der Waals surface area contributed by atoms with Crippen molar-refractivity contribution < 1.29 is 44.3 Å². The highest BCUT2D eigenvalue weighted by atomic mass is 32.1. The Labute approximate surface area is 113 Å². The number of amides is 1. The van der Waals surface area contributed by atoms with Crippen LogP contribution in [-0.2, 0) is 4.79 Å². The number of carbonyl (C=O) groups excluding carboxylic acids is 1. The molecule has 0 saturated carbocycles. The highest BCUT2D eigenvalue weighted by Gasteiger charge is 2.88. The molecule has 0 aliphatic rings. The molecule has 0 aromatic carbocycles. The summed E-state index contributed by atoms with van der Waals surface area (Å²) in [5.74, 6) is -3.31. The van der Waals surface area contributed by atoms with Crippen LogP contribution in [-0.4, -0.2) is 29.4 Å². The van der Waals surface area contributed by atoms with Crippen LogP contribution in [0.5, 0.6) is 0 Å². The third kappa shape index (κ3) is 2.78. The number of anilines is 1. The van der Waals surface area contributed by atoms with Gasteiger partial charge in [-0.3, -0.25) is 4.79 Å². The van der Waals surface area contributed by atoms with E-state index in [-0.39, 0.29) is 0 Å². The fraction of sp³-hybridized carbons (Fsp3) is 0.500. The van der Waals surface area contributed by atoms with Gasteiger partial charge in [-0.05, 0) is 0 Å². The fourth-order valence-corrected chi connectivity index (χ4v) is 1.87. The quantitative estimate of drug-likeness (QED) is 0.829. The summed E-state index contributed by atoms with van der Waals surface area (Å²) in [6.45, 7) is 0. The molecule has 0 atom stereocenters. The first kappa shape index (κ1) is 17.5. The molecule has 0 aliphatic heterocycles. The van der Waals surface area contributed by atoms with Gasteiger partial charge >= 0.3 is 23.9 Å². The average Bonchev–Trinajstić information content (AvgIpc) is 2.62. The van der Waals surface area contributed by atoms with Crippen LogP contribution >= 0.6 is 11.3 Å². The summed E-state index contributed by atoms with van der Waals surface area (Å²) in [4.78, 5) is 14.3. The van der Waals surface area contributed by atoms with Crippen molar-refractivity contribution in [2.45, 2.75) is 18.5 Å². The molecule has 1 aromatic rings. The Hall–Kier alpha value is -1.53. The Morgan fingerprint density at radius 1 is 0.952 bits per heavy atom. The minimum absolute atomic E-state index is 0.354. The lowest BCUT2D eigenvalue weighted by Crippen LogP contribution is -2.65. The second-order valence-corrected chi connectivity index (χ2v) is 4.43. The third-order valence-corrected chi connectivity index (χ3v) is 2.96. The number of hydrogen-bond acceptors (Lipinski definition) is 3. The molecule has 120 valence electrons. The number of thiazole rings is 1. The van der Waals surface area contributed by atoms with Crippen LogP contribution in [0.25, 0.3) is 0 Å². The van der Waals surface area contributed by atoms with Crippen molar-refractivity contribution in [1.82, 2.24) is 4.98 Å². The number of nitrogens with zero attached hydrogens (tertiary/aromatic N) is 1. The summed E-state index contributed by atoms with van der Waals surface area (Å²) in [6.07, 6.45) is -19.9. The molecule has 21 heavy (non-hydrogen) atoms. The molecule has 1 N–H and O–H groups in total. The molecular formula is C8H3F9N2OS. The normalized spacial score (nSPS) is 14.1.